The molecular formula is C17H19FN2O5. The summed E-state index contributed by atoms with van der Waals surface area (Å²) in [6.45, 7) is 3.73. The number of carbonyl (C=O) groups excluding carboxylic acids is 2. The van der Waals surface area contributed by atoms with Crippen molar-refractivity contribution in [2.75, 3.05) is 23.3 Å². The smallest absolute Gasteiger partial charge is 0.350 e. The number of cyclic esters (lactones) is 2. The molecule has 2 fully saturated rings. The Bertz CT molecular complexity index is 725. The first kappa shape index (κ1) is 17.2. The van der Waals surface area contributed by atoms with Crippen molar-refractivity contribution in [1.82, 2.24) is 0 Å². The molecule has 3 rings (SSSR count). The molecule has 0 radical (unpaired) electrons. The number of aliphatic hydroxyl groups excluding tert-OH is 1. The highest BCUT2D eigenvalue weighted by atomic mass is 19.1. The van der Waals surface area contributed by atoms with Gasteiger partial charge in [-0.15, -0.1) is 0 Å². The van der Waals surface area contributed by atoms with Crippen LogP contribution in [0.25, 0.3) is 0 Å². The number of ether oxygens (including phenoxy) is 2. The maximum Gasteiger partial charge on any atom is 0.350 e. The van der Waals surface area contributed by atoms with Gasteiger partial charge in [0.05, 0.1) is 17.5 Å². The van der Waals surface area contributed by atoms with Gasteiger partial charge in [0.1, 0.15) is 5.82 Å². The number of anilines is 2. The molecule has 2 heterocycles. The summed E-state index contributed by atoms with van der Waals surface area (Å²) in [6, 6.07) is 4.43. The summed E-state index contributed by atoms with van der Waals surface area (Å²) in [4.78, 5) is 25.6. The molecule has 0 aliphatic carbocycles. The number of halogens is 1. The highest BCUT2D eigenvalue weighted by Gasteiger charge is 2.39. The number of nitrogens with zero attached hydrogens (tertiary/aromatic N) is 1. The monoisotopic (exact) mass is 350 g/mol. The second kappa shape index (κ2) is 6.36. The van der Waals surface area contributed by atoms with Gasteiger partial charge in [0.25, 0.3) is 5.79 Å². The van der Waals surface area contributed by atoms with Crippen molar-refractivity contribution in [2.24, 2.45) is 0 Å². The van der Waals surface area contributed by atoms with E-state index in [0.29, 0.717) is 25.2 Å². The van der Waals surface area contributed by atoms with Gasteiger partial charge in [-0.1, -0.05) is 6.07 Å². The lowest BCUT2D eigenvalue weighted by Gasteiger charge is -2.29. The number of esters is 2. The van der Waals surface area contributed by atoms with Crippen molar-refractivity contribution >= 4 is 23.3 Å². The van der Waals surface area contributed by atoms with E-state index in [0.717, 1.165) is 6.20 Å². The Hall–Kier alpha value is -2.61. The Balaban J connectivity index is 1.85. The molecule has 0 bridgehead atoms. The molecule has 2 aliphatic heterocycles. The molecule has 0 amide bonds. The molecule has 25 heavy (non-hydrogen) atoms. The summed E-state index contributed by atoms with van der Waals surface area (Å²) in [6.07, 6.45) is 1.17. The lowest BCUT2D eigenvalue weighted by atomic mass is 10.2. The summed E-state index contributed by atoms with van der Waals surface area (Å²) in [5.74, 6) is -3.42. The maximum absolute atomic E-state index is 14.3. The SMILES string of the molecule is CC1(C)OC(=O)C(=CNc2cccc(F)c2N2CCC(O)C2)C(=O)O1. The van der Waals surface area contributed by atoms with Crippen LogP contribution in [0, 0.1) is 5.82 Å². The standard InChI is InChI=1S/C17H19FN2O5/c1-17(2)24-15(22)11(16(23)25-17)8-19-13-5-3-4-12(18)14(13)20-7-6-10(21)9-20/h3-5,8,10,19,21H,6-7,9H2,1-2H3. The van der Waals surface area contributed by atoms with E-state index in [4.69, 9.17) is 9.47 Å². The van der Waals surface area contributed by atoms with Crippen LogP contribution in [0.1, 0.15) is 20.3 Å². The summed E-state index contributed by atoms with van der Waals surface area (Å²) in [5, 5.41) is 12.5. The predicted molar refractivity (Wildman–Crippen MR) is 87.2 cm³/mol. The second-order valence-corrected chi connectivity index (χ2v) is 6.41. The number of hydrogen-bond acceptors (Lipinski definition) is 7. The van der Waals surface area contributed by atoms with E-state index in [1.807, 2.05) is 0 Å². The summed E-state index contributed by atoms with van der Waals surface area (Å²) >= 11 is 0. The van der Waals surface area contributed by atoms with Crippen LogP contribution in [0.2, 0.25) is 0 Å². The third-order valence-electron chi connectivity index (χ3n) is 3.96. The molecule has 1 aromatic carbocycles. The molecule has 0 saturated carbocycles. The lowest BCUT2D eigenvalue weighted by molar-refractivity contribution is -0.222. The number of aliphatic hydroxyl groups is 1. The van der Waals surface area contributed by atoms with Crippen LogP contribution >= 0.6 is 0 Å². The zero-order valence-electron chi connectivity index (χ0n) is 13.9. The molecule has 7 nitrogen and oxygen atoms in total. The third-order valence-corrected chi connectivity index (χ3v) is 3.96. The molecule has 2 aliphatic rings. The summed E-state index contributed by atoms with van der Waals surface area (Å²) in [7, 11) is 0. The first-order valence-corrected chi connectivity index (χ1v) is 7.92. The fraction of sp³-hybridized carbons (Fsp3) is 0.412. The lowest BCUT2D eigenvalue weighted by Crippen LogP contribution is -2.42. The van der Waals surface area contributed by atoms with Crippen LogP contribution < -0.4 is 10.2 Å². The minimum Gasteiger partial charge on any atom is -0.419 e. The molecule has 134 valence electrons. The topological polar surface area (TPSA) is 88.1 Å². The second-order valence-electron chi connectivity index (χ2n) is 6.41. The Morgan fingerprint density at radius 2 is 2.00 bits per heavy atom. The number of hydrogen-bond donors (Lipinski definition) is 2. The fourth-order valence-electron chi connectivity index (χ4n) is 2.83. The van der Waals surface area contributed by atoms with Crippen molar-refractivity contribution in [2.45, 2.75) is 32.2 Å². The van der Waals surface area contributed by atoms with Crippen LogP contribution in [0.3, 0.4) is 0 Å². The minimum atomic E-state index is -1.32. The van der Waals surface area contributed by atoms with E-state index in [9.17, 15) is 19.1 Å². The van der Waals surface area contributed by atoms with Crippen LogP contribution in [0.5, 0.6) is 0 Å². The van der Waals surface area contributed by atoms with Gasteiger partial charge in [0.15, 0.2) is 5.57 Å². The third kappa shape index (κ3) is 3.58. The largest absolute Gasteiger partial charge is 0.419 e. The van der Waals surface area contributed by atoms with E-state index >= 15 is 0 Å². The number of rotatable bonds is 3. The van der Waals surface area contributed by atoms with E-state index in [1.54, 1.807) is 11.0 Å². The maximum atomic E-state index is 14.3. The normalized spacial score (nSPS) is 22.5. The van der Waals surface area contributed by atoms with Crippen molar-refractivity contribution in [3.05, 3.63) is 35.8 Å². The molecular weight excluding hydrogens is 331 g/mol. The van der Waals surface area contributed by atoms with Crippen molar-refractivity contribution in [1.29, 1.82) is 0 Å². The molecule has 1 aromatic rings. The van der Waals surface area contributed by atoms with Crippen LogP contribution in [0.4, 0.5) is 15.8 Å². The van der Waals surface area contributed by atoms with Crippen molar-refractivity contribution in [3.63, 3.8) is 0 Å². The number of para-hydroxylation sites is 1. The van der Waals surface area contributed by atoms with Gasteiger partial charge in [0, 0.05) is 33.1 Å². The average molecular weight is 350 g/mol. The average Bonchev–Trinajstić information content (AvgIpc) is 2.91. The van der Waals surface area contributed by atoms with Crippen molar-refractivity contribution in [3.8, 4) is 0 Å². The molecule has 2 saturated heterocycles. The Morgan fingerprint density at radius 1 is 1.32 bits per heavy atom. The number of carbonyl (C=O) groups is 2. The van der Waals surface area contributed by atoms with Gasteiger partial charge in [-0.3, -0.25) is 0 Å². The summed E-state index contributed by atoms with van der Waals surface area (Å²) in [5.41, 5.74) is 0.330. The van der Waals surface area contributed by atoms with Gasteiger partial charge in [-0.2, -0.15) is 0 Å². The van der Waals surface area contributed by atoms with Gasteiger partial charge in [0.2, 0.25) is 0 Å². The molecule has 0 spiro atoms. The van der Waals surface area contributed by atoms with E-state index in [-0.39, 0.29) is 11.3 Å². The van der Waals surface area contributed by atoms with Gasteiger partial charge in [-0.05, 0) is 18.6 Å². The van der Waals surface area contributed by atoms with Crippen molar-refractivity contribution < 1.29 is 28.6 Å². The number of benzene rings is 1. The van der Waals surface area contributed by atoms with E-state index < -0.39 is 29.6 Å². The van der Waals surface area contributed by atoms with Crippen LogP contribution in [-0.2, 0) is 19.1 Å². The number of nitrogens with one attached hydrogen (secondary N) is 1. The molecule has 1 atom stereocenters. The quantitative estimate of drug-likeness (QED) is 0.485. The van der Waals surface area contributed by atoms with Crippen LogP contribution in [0.15, 0.2) is 30.0 Å². The predicted octanol–water partition coefficient (Wildman–Crippen LogP) is 1.53. The van der Waals surface area contributed by atoms with E-state index in [2.05, 4.69) is 5.32 Å². The highest BCUT2D eigenvalue weighted by molar-refractivity contribution is 6.15. The molecule has 8 heteroatoms. The number of β-amino-alcohol motifs (C(OH)–C–C–N with tert-alkyl or cyclic N) is 1. The Labute approximate surface area is 144 Å². The molecule has 2 N–H and O–H groups in total. The van der Waals surface area contributed by atoms with Gasteiger partial charge >= 0.3 is 11.9 Å². The first-order chi connectivity index (χ1) is 11.8. The van der Waals surface area contributed by atoms with Gasteiger partial charge < -0.3 is 24.8 Å². The summed E-state index contributed by atoms with van der Waals surface area (Å²) < 4.78 is 24.3. The zero-order valence-corrected chi connectivity index (χ0v) is 13.9. The van der Waals surface area contributed by atoms with E-state index in [1.165, 1.54) is 26.0 Å². The highest BCUT2D eigenvalue weighted by Crippen LogP contribution is 2.32. The fourth-order valence-corrected chi connectivity index (χ4v) is 2.83. The minimum absolute atomic E-state index is 0.272. The molecule has 1 unspecified atom stereocenters. The Kier molecular flexibility index (Phi) is 4.38. The molecule has 0 aromatic heterocycles. The Morgan fingerprint density at radius 3 is 2.60 bits per heavy atom. The van der Waals surface area contributed by atoms with Gasteiger partial charge in [-0.25, -0.2) is 14.0 Å². The van der Waals surface area contributed by atoms with Crippen LogP contribution in [-0.4, -0.2) is 42.0 Å². The zero-order chi connectivity index (χ0) is 18.2. The first-order valence-electron chi connectivity index (χ1n) is 7.92.